The Balaban J connectivity index is 1.63. The van der Waals surface area contributed by atoms with Crippen molar-refractivity contribution in [1.82, 2.24) is 29.5 Å². The van der Waals surface area contributed by atoms with Crippen LogP contribution < -0.4 is 5.32 Å². The van der Waals surface area contributed by atoms with Crippen molar-refractivity contribution in [2.45, 2.75) is 33.8 Å². The van der Waals surface area contributed by atoms with Crippen molar-refractivity contribution >= 4 is 52.1 Å². The molecule has 32 heavy (non-hydrogen) atoms. The van der Waals surface area contributed by atoms with Crippen molar-refractivity contribution in [2.24, 2.45) is 0 Å². The summed E-state index contributed by atoms with van der Waals surface area (Å²) < 4.78 is 4.07. The van der Waals surface area contributed by atoms with Crippen molar-refractivity contribution in [3.8, 4) is 0 Å². The smallest absolute Gasteiger partial charge is 0.335 e. The molecular weight excluding hydrogens is 470 g/mol. The van der Waals surface area contributed by atoms with E-state index in [0.29, 0.717) is 31.9 Å². The van der Waals surface area contributed by atoms with Gasteiger partial charge in [0.05, 0.1) is 5.56 Å². The number of aromatic amines is 1. The van der Waals surface area contributed by atoms with Crippen LogP contribution in [-0.4, -0.2) is 46.5 Å². The fourth-order valence-electron chi connectivity index (χ4n) is 2.49. The summed E-state index contributed by atoms with van der Waals surface area (Å²) in [6.07, 6.45) is 0. The molecule has 0 aliphatic carbocycles. The van der Waals surface area contributed by atoms with E-state index in [-0.39, 0.29) is 11.3 Å². The first-order valence-electron chi connectivity index (χ1n) is 9.08. The minimum atomic E-state index is -1.00. The second-order valence-electron chi connectivity index (χ2n) is 6.33. The zero-order chi connectivity index (χ0) is 22.7. The van der Waals surface area contributed by atoms with Crippen LogP contribution in [0.5, 0.6) is 0 Å². The number of nitrogens with one attached hydrogen (secondary N) is 2. The van der Waals surface area contributed by atoms with Crippen LogP contribution in [0.1, 0.15) is 32.5 Å². The maximum Gasteiger partial charge on any atom is 0.335 e. The van der Waals surface area contributed by atoms with Crippen LogP contribution in [-0.2, 0) is 0 Å². The number of hydrogen-bond donors (Lipinski definition) is 3. The molecule has 0 atom stereocenters. The molecule has 0 saturated heterocycles. The van der Waals surface area contributed by atoms with Crippen molar-refractivity contribution < 1.29 is 14.7 Å². The Morgan fingerprint density at radius 3 is 2.44 bits per heavy atom. The zero-order valence-electron chi connectivity index (χ0n) is 16.7. The predicted octanol–water partition coefficient (Wildman–Crippen LogP) is 3.92. The molecule has 4 aromatic rings. The predicted molar refractivity (Wildman–Crippen MR) is 120 cm³/mol. The standard InChI is InChI=1S/C19H15N7O3S3/c1-9-20-19(25-24-9)31-14-8-7-13(30-12-5-3-11(4-6-12)17(28)29)15(22-14)16(27)23-18-21-10(2)26-32-18/h3-8H,1-2H3,(H,28,29)(H,20,24,25)(H,21,23,26,27). The summed E-state index contributed by atoms with van der Waals surface area (Å²) in [5.74, 6) is -0.191. The minimum Gasteiger partial charge on any atom is -0.478 e. The van der Waals surface area contributed by atoms with Crippen LogP contribution in [0.25, 0.3) is 0 Å². The average molecular weight is 486 g/mol. The van der Waals surface area contributed by atoms with Gasteiger partial charge in [-0.25, -0.2) is 19.7 Å². The van der Waals surface area contributed by atoms with Gasteiger partial charge in [0, 0.05) is 21.3 Å². The van der Waals surface area contributed by atoms with E-state index >= 15 is 0 Å². The Labute approximate surface area is 194 Å². The molecule has 0 aliphatic heterocycles. The molecule has 4 rings (SSSR count). The SMILES string of the molecule is Cc1nsc(NC(=O)c2nc(Sc3n[nH]c(C)n3)ccc2Sc2ccc(C(=O)O)cc2)n1. The van der Waals surface area contributed by atoms with E-state index in [9.17, 15) is 9.59 Å². The number of rotatable bonds is 7. The van der Waals surface area contributed by atoms with Gasteiger partial charge >= 0.3 is 5.97 Å². The summed E-state index contributed by atoms with van der Waals surface area (Å²) in [5, 5.41) is 20.1. The van der Waals surface area contributed by atoms with Crippen molar-refractivity contribution in [3.63, 3.8) is 0 Å². The first-order chi connectivity index (χ1) is 15.4. The van der Waals surface area contributed by atoms with Gasteiger partial charge in [0.2, 0.25) is 10.3 Å². The lowest BCUT2D eigenvalue weighted by Crippen LogP contribution is -2.15. The third kappa shape index (κ3) is 5.30. The van der Waals surface area contributed by atoms with Crippen molar-refractivity contribution in [2.75, 3.05) is 5.32 Å². The number of carboxylic acids is 1. The zero-order valence-corrected chi connectivity index (χ0v) is 19.1. The summed E-state index contributed by atoms with van der Waals surface area (Å²) in [6, 6.07) is 9.95. The van der Waals surface area contributed by atoms with Crippen LogP contribution in [0.3, 0.4) is 0 Å². The molecule has 1 amide bonds. The number of carbonyl (C=O) groups excluding carboxylic acids is 1. The molecule has 162 valence electrons. The molecule has 0 bridgehead atoms. The number of aryl methyl sites for hydroxylation is 2. The molecule has 0 aliphatic rings. The number of H-pyrrole nitrogens is 1. The van der Waals surface area contributed by atoms with E-state index in [0.717, 1.165) is 16.4 Å². The van der Waals surface area contributed by atoms with Gasteiger partial charge < -0.3 is 5.11 Å². The van der Waals surface area contributed by atoms with Crippen LogP contribution >= 0.6 is 35.1 Å². The van der Waals surface area contributed by atoms with Gasteiger partial charge in [-0.15, -0.1) is 5.10 Å². The Bertz CT molecular complexity index is 1290. The summed E-state index contributed by atoms with van der Waals surface area (Å²) in [7, 11) is 0. The Hall–Kier alpha value is -3.29. The summed E-state index contributed by atoms with van der Waals surface area (Å²) in [6.45, 7) is 3.53. The lowest BCUT2D eigenvalue weighted by Gasteiger charge is -2.10. The number of carboxylic acid groups (broad SMARTS) is 1. The Morgan fingerprint density at radius 1 is 1.03 bits per heavy atom. The maximum atomic E-state index is 13.0. The van der Waals surface area contributed by atoms with Crippen LogP contribution in [0, 0.1) is 13.8 Å². The normalized spacial score (nSPS) is 10.8. The summed E-state index contributed by atoms with van der Waals surface area (Å²) in [4.78, 5) is 38.4. The van der Waals surface area contributed by atoms with E-state index < -0.39 is 11.9 Å². The monoisotopic (exact) mass is 485 g/mol. The van der Waals surface area contributed by atoms with E-state index in [1.807, 2.05) is 0 Å². The number of nitrogens with zero attached hydrogens (tertiary/aromatic N) is 5. The number of benzene rings is 1. The summed E-state index contributed by atoms with van der Waals surface area (Å²) >= 11 is 3.61. The lowest BCUT2D eigenvalue weighted by atomic mass is 10.2. The van der Waals surface area contributed by atoms with Crippen LogP contribution in [0.15, 0.2) is 56.4 Å². The molecule has 0 spiro atoms. The first kappa shape index (κ1) is 21.9. The van der Waals surface area contributed by atoms with Crippen molar-refractivity contribution in [3.05, 3.63) is 59.3 Å². The fourth-order valence-corrected chi connectivity index (χ4v) is 4.69. The molecule has 3 heterocycles. The molecule has 13 heteroatoms. The van der Waals surface area contributed by atoms with Gasteiger partial charge in [-0.05, 0) is 62.0 Å². The minimum absolute atomic E-state index is 0.186. The van der Waals surface area contributed by atoms with Gasteiger partial charge in [-0.3, -0.25) is 15.2 Å². The number of hydrogen-bond acceptors (Lipinski definition) is 10. The van der Waals surface area contributed by atoms with Gasteiger partial charge in [-0.1, -0.05) is 11.8 Å². The van der Waals surface area contributed by atoms with E-state index in [2.05, 4.69) is 34.8 Å². The number of amides is 1. The number of aromatic nitrogens is 6. The molecule has 0 saturated carbocycles. The third-order valence-electron chi connectivity index (χ3n) is 3.90. The molecular formula is C19H15N7O3S3. The van der Waals surface area contributed by atoms with Crippen LogP contribution in [0.2, 0.25) is 0 Å². The van der Waals surface area contributed by atoms with E-state index in [4.69, 9.17) is 5.11 Å². The molecule has 3 aromatic heterocycles. The quantitative estimate of drug-likeness (QED) is 0.352. The summed E-state index contributed by atoms with van der Waals surface area (Å²) in [5.41, 5.74) is 0.382. The fraction of sp³-hybridized carbons (Fsp3) is 0.105. The molecule has 0 unspecified atom stereocenters. The second-order valence-corrected chi connectivity index (χ2v) is 9.19. The highest BCUT2D eigenvalue weighted by molar-refractivity contribution is 7.99. The maximum absolute atomic E-state index is 13.0. The highest BCUT2D eigenvalue weighted by Gasteiger charge is 2.19. The molecule has 0 radical (unpaired) electrons. The van der Waals surface area contributed by atoms with Gasteiger partial charge in [0.25, 0.3) is 5.91 Å². The topological polar surface area (TPSA) is 147 Å². The van der Waals surface area contributed by atoms with Gasteiger partial charge in [0.15, 0.2) is 0 Å². The molecule has 3 N–H and O–H groups in total. The Morgan fingerprint density at radius 2 is 1.81 bits per heavy atom. The number of pyridine rings is 1. The molecule has 1 aromatic carbocycles. The highest BCUT2D eigenvalue weighted by atomic mass is 32.2. The average Bonchev–Trinajstić information content (AvgIpc) is 3.36. The number of anilines is 1. The first-order valence-corrected chi connectivity index (χ1v) is 11.5. The lowest BCUT2D eigenvalue weighted by molar-refractivity contribution is 0.0696. The largest absolute Gasteiger partial charge is 0.478 e. The van der Waals surface area contributed by atoms with Gasteiger partial charge in [-0.2, -0.15) is 4.37 Å². The number of aromatic carboxylic acids is 1. The molecule has 10 nitrogen and oxygen atoms in total. The second kappa shape index (κ2) is 9.46. The van der Waals surface area contributed by atoms with E-state index in [1.54, 1.807) is 38.1 Å². The van der Waals surface area contributed by atoms with Gasteiger partial charge in [0.1, 0.15) is 22.4 Å². The highest BCUT2D eigenvalue weighted by Crippen LogP contribution is 2.33. The third-order valence-corrected chi connectivity index (χ3v) is 6.48. The molecule has 0 fully saturated rings. The van der Waals surface area contributed by atoms with Crippen LogP contribution in [0.4, 0.5) is 5.13 Å². The number of carbonyl (C=O) groups is 2. The van der Waals surface area contributed by atoms with E-state index in [1.165, 1.54) is 35.7 Å². The Kier molecular flexibility index (Phi) is 6.48. The van der Waals surface area contributed by atoms with Crippen molar-refractivity contribution in [1.29, 1.82) is 0 Å².